The van der Waals surface area contributed by atoms with E-state index in [0.29, 0.717) is 22.0 Å². The summed E-state index contributed by atoms with van der Waals surface area (Å²) < 4.78 is 5.52. The van der Waals surface area contributed by atoms with E-state index in [9.17, 15) is 9.59 Å². The number of amides is 1. The van der Waals surface area contributed by atoms with Gasteiger partial charge in [-0.15, -0.1) is 11.3 Å². The topological polar surface area (TPSA) is 81.2 Å². The predicted octanol–water partition coefficient (Wildman–Crippen LogP) is 4.45. The molecule has 30 heavy (non-hydrogen) atoms. The van der Waals surface area contributed by atoms with Crippen molar-refractivity contribution in [2.75, 3.05) is 11.9 Å². The molecular formula is C23H17N3O3S. The van der Waals surface area contributed by atoms with Crippen molar-refractivity contribution >= 4 is 28.2 Å². The van der Waals surface area contributed by atoms with Gasteiger partial charge in [-0.2, -0.15) is 0 Å². The highest BCUT2D eigenvalue weighted by molar-refractivity contribution is 7.14. The number of carbonyl (C=O) groups excluding carboxylic acids is 2. The lowest BCUT2D eigenvalue weighted by Gasteiger charge is -2.07. The van der Waals surface area contributed by atoms with Crippen LogP contribution in [0.2, 0.25) is 0 Å². The number of benzene rings is 2. The lowest BCUT2D eigenvalue weighted by Crippen LogP contribution is -2.20. The van der Waals surface area contributed by atoms with Gasteiger partial charge in [-0.1, -0.05) is 30.3 Å². The quantitative estimate of drug-likeness (QED) is 0.451. The van der Waals surface area contributed by atoms with Gasteiger partial charge in [0.25, 0.3) is 5.91 Å². The molecule has 0 unspecified atom stereocenters. The van der Waals surface area contributed by atoms with E-state index >= 15 is 0 Å². The van der Waals surface area contributed by atoms with Crippen molar-refractivity contribution < 1.29 is 14.3 Å². The third kappa shape index (κ3) is 4.76. The smallest absolute Gasteiger partial charge is 0.264 e. The molecule has 4 aromatic rings. The van der Waals surface area contributed by atoms with Gasteiger partial charge in [0.15, 0.2) is 17.5 Å². The molecule has 148 valence electrons. The van der Waals surface area contributed by atoms with E-state index in [1.54, 1.807) is 48.8 Å². The number of nitrogens with zero attached hydrogens (tertiary/aromatic N) is 2. The number of aromatic nitrogens is 2. The highest BCUT2D eigenvalue weighted by Crippen LogP contribution is 2.24. The van der Waals surface area contributed by atoms with Crippen LogP contribution in [0.25, 0.3) is 11.3 Å². The maximum absolute atomic E-state index is 12.4. The van der Waals surface area contributed by atoms with E-state index in [1.807, 2.05) is 35.7 Å². The molecule has 4 rings (SSSR count). The molecule has 6 nitrogen and oxygen atoms in total. The monoisotopic (exact) mass is 415 g/mol. The highest BCUT2D eigenvalue weighted by atomic mass is 32.1. The molecule has 0 radical (unpaired) electrons. The largest absolute Gasteiger partial charge is 0.484 e. The van der Waals surface area contributed by atoms with E-state index < -0.39 is 0 Å². The van der Waals surface area contributed by atoms with Gasteiger partial charge < -0.3 is 4.74 Å². The summed E-state index contributed by atoms with van der Waals surface area (Å²) in [6.45, 7) is -0.157. The summed E-state index contributed by atoms with van der Waals surface area (Å²) in [7, 11) is 0. The Bertz CT molecular complexity index is 1140. The SMILES string of the molecule is O=C(COc1ccc(C(=O)c2ccccc2)cc1)Nc1nc(-c2ccncc2)cs1. The molecular weight excluding hydrogens is 398 g/mol. The molecule has 0 spiro atoms. The van der Waals surface area contributed by atoms with Crippen molar-refractivity contribution in [1.82, 2.24) is 9.97 Å². The van der Waals surface area contributed by atoms with Crippen LogP contribution >= 0.6 is 11.3 Å². The van der Waals surface area contributed by atoms with E-state index in [1.165, 1.54) is 11.3 Å². The Hall–Kier alpha value is -3.84. The number of pyridine rings is 1. The molecule has 2 heterocycles. The van der Waals surface area contributed by atoms with Crippen molar-refractivity contribution in [3.63, 3.8) is 0 Å². The normalized spacial score (nSPS) is 10.4. The number of rotatable bonds is 7. The Kier molecular flexibility index (Phi) is 5.91. The van der Waals surface area contributed by atoms with Crippen LogP contribution in [0.4, 0.5) is 5.13 Å². The minimum Gasteiger partial charge on any atom is -0.484 e. The van der Waals surface area contributed by atoms with Crippen molar-refractivity contribution in [2.24, 2.45) is 0 Å². The van der Waals surface area contributed by atoms with Crippen LogP contribution in [0.5, 0.6) is 5.75 Å². The zero-order valence-electron chi connectivity index (χ0n) is 15.8. The first-order valence-electron chi connectivity index (χ1n) is 9.17. The average molecular weight is 415 g/mol. The van der Waals surface area contributed by atoms with Gasteiger partial charge in [0, 0.05) is 34.5 Å². The first kappa shape index (κ1) is 19.5. The molecule has 0 bridgehead atoms. The number of hydrogen-bond acceptors (Lipinski definition) is 6. The zero-order valence-corrected chi connectivity index (χ0v) is 16.6. The molecule has 0 aliphatic rings. The predicted molar refractivity (Wildman–Crippen MR) is 116 cm³/mol. The Labute approximate surface area is 177 Å². The summed E-state index contributed by atoms with van der Waals surface area (Å²) in [6, 6.07) is 19.5. The third-order valence-electron chi connectivity index (χ3n) is 4.25. The van der Waals surface area contributed by atoms with Gasteiger partial charge in [-0.05, 0) is 36.4 Å². The molecule has 0 saturated heterocycles. The van der Waals surface area contributed by atoms with Gasteiger partial charge in [0.05, 0.1) is 5.69 Å². The Morgan fingerprint density at radius 3 is 2.33 bits per heavy atom. The molecule has 0 atom stereocenters. The minimum absolute atomic E-state index is 0.0614. The number of ketones is 1. The van der Waals surface area contributed by atoms with Crippen LogP contribution in [-0.4, -0.2) is 28.3 Å². The standard InChI is InChI=1S/C23H17N3O3S/c27-21(26-23-25-20(15-30-23)16-10-12-24-13-11-16)14-29-19-8-6-18(7-9-19)22(28)17-4-2-1-3-5-17/h1-13,15H,14H2,(H,25,26,27). The molecule has 7 heteroatoms. The van der Waals surface area contributed by atoms with Crippen molar-refractivity contribution in [1.29, 1.82) is 0 Å². The molecule has 0 aliphatic heterocycles. The van der Waals surface area contributed by atoms with Gasteiger partial charge >= 0.3 is 0 Å². The second kappa shape index (κ2) is 9.11. The number of carbonyl (C=O) groups is 2. The van der Waals surface area contributed by atoms with Crippen molar-refractivity contribution in [3.8, 4) is 17.0 Å². The Morgan fingerprint density at radius 2 is 1.60 bits per heavy atom. The number of thiazole rings is 1. The van der Waals surface area contributed by atoms with Crippen LogP contribution in [-0.2, 0) is 4.79 Å². The van der Waals surface area contributed by atoms with E-state index in [-0.39, 0.29) is 18.3 Å². The third-order valence-corrected chi connectivity index (χ3v) is 5.01. The molecule has 0 saturated carbocycles. The zero-order chi connectivity index (χ0) is 20.8. The summed E-state index contributed by atoms with van der Waals surface area (Å²) in [5, 5.41) is 5.10. The summed E-state index contributed by atoms with van der Waals surface area (Å²) >= 11 is 1.34. The van der Waals surface area contributed by atoms with Crippen molar-refractivity contribution in [3.05, 3.63) is 95.6 Å². The summed E-state index contributed by atoms with van der Waals surface area (Å²) in [4.78, 5) is 33.0. The van der Waals surface area contributed by atoms with Gasteiger partial charge in [-0.3, -0.25) is 19.9 Å². The Morgan fingerprint density at radius 1 is 0.900 bits per heavy atom. The minimum atomic E-state index is -0.310. The van der Waals surface area contributed by atoms with Crippen LogP contribution in [0.15, 0.2) is 84.5 Å². The number of hydrogen-bond donors (Lipinski definition) is 1. The van der Waals surface area contributed by atoms with E-state index in [2.05, 4.69) is 15.3 Å². The lowest BCUT2D eigenvalue weighted by atomic mass is 10.0. The molecule has 1 N–H and O–H groups in total. The average Bonchev–Trinajstić information content (AvgIpc) is 3.27. The maximum Gasteiger partial charge on any atom is 0.264 e. The Balaban J connectivity index is 1.31. The van der Waals surface area contributed by atoms with Gasteiger partial charge in [0.1, 0.15) is 5.75 Å². The molecule has 2 aromatic heterocycles. The molecule has 1 amide bonds. The maximum atomic E-state index is 12.4. The van der Waals surface area contributed by atoms with Crippen LogP contribution in [0.3, 0.4) is 0 Å². The second-order valence-corrected chi connectivity index (χ2v) is 7.19. The fourth-order valence-electron chi connectivity index (χ4n) is 2.75. The first-order chi connectivity index (χ1) is 14.7. The summed E-state index contributed by atoms with van der Waals surface area (Å²) in [6.07, 6.45) is 3.39. The number of anilines is 1. The second-order valence-electron chi connectivity index (χ2n) is 6.33. The summed E-state index contributed by atoms with van der Waals surface area (Å²) in [5.41, 5.74) is 2.89. The first-order valence-corrected chi connectivity index (χ1v) is 10.1. The van der Waals surface area contributed by atoms with Crippen LogP contribution in [0, 0.1) is 0 Å². The van der Waals surface area contributed by atoms with Crippen LogP contribution < -0.4 is 10.1 Å². The fourth-order valence-corrected chi connectivity index (χ4v) is 3.49. The van der Waals surface area contributed by atoms with Gasteiger partial charge in [0.2, 0.25) is 0 Å². The fraction of sp³-hybridized carbons (Fsp3) is 0.0435. The van der Waals surface area contributed by atoms with E-state index in [4.69, 9.17) is 4.74 Å². The lowest BCUT2D eigenvalue weighted by molar-refractivity contribution is -0.118. The highest BCUT2D eigenvalue weighted by Gasteiger charge is 2.11. The molecule has 0 fully saturated rings. The van der Waals surface area contributed by atoms with E-state index in [0.717, 1.165) is 11.3 Å². The van der Waals surface area contributed by atoms with Crippen molar-refractivity contribution in [2.45, 2.75) is 0 Å². The number of nitrogens with one attached hydrogen (secondary N) is 1. The molecule has 0 aliphatic carbocycles. The van der Waals surface area contributed by atoms with Gasteiger partial charge in [-0.25, -0.2) is 4.98 Å². The number of ether oxygens (including phenoxy) is 1. The summed E-state index contributed by atoms with van der Waals surface area (Å²) in [5.74, 6) is 0.134. The van der Waals surface area contributed by atoms with Crippen LogP contribution in [0.1, 0.15) is 15.9 Å². The molecule has 2 aromatic carbocycles.